The smallest absolute Gasteiger partial charge is 0.241 e. The summed E-state index contributed by atoms with van der Waals surface area (Å²) in [6, 6.07) is 11.7. The summed E-state index contributed by atoms with van der Waals surface area (Å²) in [5, 5.41) is 3.17. The highest BCUT2D eigenvalue weighted by molar-refractivity contribution is 7.89. The fourth-order valence-corrected chi connectivity index (χ4v) is 3.60. The second-order valence-electron chi connectivity index (χ2n) is 5.32. The molecular formula is C17H19ClN2O4S. The van der Waals surface area contributed by atoms with E-state index < -0.39 is 15.9 Å². The molecule has 0 spiro atoms. The molecule has 0 bridgehead atoms. The molecule has 2 rings (SSSR count). The zero-order chi connectivity index (χ0) is 18.4. The first kappa shape index (κ1) is 19.2. The molecule has 0 fully saturated rings. The molecule has 0 unspecified atom stereocenters. The van der Waals surface area contributed by atoms with Crippen LogP contribution in [0.3, 0.4) is 0 Å². The summed E-state index contributed by atoms with van der Waals surface area (Å²) in [5.74, 6) is 0.114. The van der Waals surface area contributed by atoms with Crippen LogP contribution in [0.2, 0.25) is 5.02 Å². The van der Waals surface area contributed by atoms with Crippen molar-refractivity contribution in [1.29, 1.82) is 0 Å². The third kappa shape index (κ3) is 5.19. The monoisotopic (exact) mass is 382 g/mol. The number of hydrogen-bond donors (Lipinski definition) is 2. The number of amides is 1. The van der Waals surface area contributed by atoms with Crippen molar-refractivity contribution in [2.45, 2.75) is 18.4 Å². The molecule has 8 heteroatoms. The lowest BCUT2D eigenvalue weighted by Gasteiger charge is -2.11. The van der Waals surface area contributed by atoms with Gasteiger partial charge in [-0.2, -0.15) is 0 Å². The maximum Gasteiger partial charge on any atom is 0.241 e. The molecule has 134 valence electrons. The number of nitrogens with one attached hydrogen (secondary N) is 2. The van der Waals surface area contributed by atoms with Crippen molar-refractivity contribution in [3.8, 4) is 5.75 Å². The standard InChI is InChI=1S/C17H19ClN2O4S/c1-12-9-14(24-2)7-8-16(12)25(22,23)20-11-17(21)19-10-13-5-3-4-6-15(13)18/h3-9,20H,10-11H2,1-2H3,(H,19,21). The lowest BCUT2D eigenvalue weighted by molar-refractivity contribution is -0.120. The molecule has 2 aromatic carbocycles. The van der Waals surface area contributed by atoms with Gasteiger partial charge in [-0.3, -0.25) is 4.79 Å². The van der Waals surface area contributed by atoms with E-state index in [0.29, 0.717) is 16.3 Å². The van der Waals surface area contributed by atoms with Crippen LogP contribution in [0.15, 0.2) is 47.4 Å². The number of rotatable bonds is 7. The van der Waals surface area contributed by atoms with Gasteiger partial charge in [0, 0.05) is 11.6 Å². The maximum absolute atomic E-state index is 12.3. The summed E-state index contributed by atoms with van der Waals surface area (Å²) in [6.45, 7) is 1.52. The number of aryl methyl sites for hydroxylation is 1. The molecule has 2 N–H and O–H groups in total. The average Bonchev–Trinajstić information content (AvgIpc) is 2.59. The van der Waals surface area contributed by atoms with Gasteiger partial charge in [-0.25, -0.2) is 13.1 Å². The van der Waals surface area contributed by atoms with Crippen molar-refractivity contribution < 1.29 is 17.9 Å². The van der Waals surface area contributed by atoms with Crippen molar-refractivity contribution >= 4 is 27.5 Å². The van der Waals surface area contributed by atoms with Gasteiger partial charge in [-0.1, -0.05) is 29.8 Å². The molecular weight excluding hydrogens is 364 g/mol. The number of ether oxygens (including phenoxy) is 1. The molecule has 0 aliphatic rings. The van der Waals surface area contributed by atoms with Gasteiger partial charge in [0.15, 0.2) is 0 Å². The Kier molecular flexibility index (Phi) is 6.41. The fourth-order valence-electron chi connectivity index (χ4n) is 2.19. The predicted molar refractivity (Wildman–Crippen MR) is 96.2 cm³/mol. The Morgan fingerprint density at radius 3 is 2.56 bits per heavy atom. The van der Waals surface area contributed by atoms with E-state index in [0.717, 1.165) is 5.56 Å². The number of halogens is 1. The van der Waals surface area contributed by atoms with Crippen molar-refractivity contribution in [3.05, 3.63) is 58.6 Å². The summed E-state index contributed by atoms with van der Waals surface area (Å²) in [4.78, 5) is 12.0. The molecule has 0 radical (unpaired) electrons. The molecule has 6 nitrogen and oxygen atoms in total. The summed E-state index contributed by atoms with van der Waals surface area (Å²) in [5.41, 5.74) is 1.29. The first-order valence-corrected chi connectivity index (χ1v) is 9.34. The van der Waals surface area contributed by atoms with Gasteiger partial charge in [0.05, 0.1) is 18.6 Å². The molecule has 0 saturated heterocycles. The van der Waals surface area contributed by atoms with Gasteiger partial charge in [-0.15, -0.1) is 0 Å². The number of hydrogen-bond acceptors (Lipinski definition) is 4. The van der Waals surface area contributed by atoms with Gasteiger partial charge in [0.2, 0.25) is 15.9 Å². The third-order valence-corrected chi connectivity index (χ3v) is 5.46. The Balaban J connectivity index is 1.95. The molecule has 0 aliphatic carbocycles. The number of carbonyl (C=O) groups excluding carboxylic acids is 1. The van der Waals surface area contributed by atoms with Crippen LogP contribution in [0.25, 0.3) is 0 Å². The van der Waals surface area contributed by atoms with Crippen LogP contribution in [0, 0.1) is 6.92 Å². The first-order chi connectivity index (χ1) is 11.8. The van der Waals surface area contributed by atoms with Crippen molar-refractivity contribution in [2.75, 3.05) is 13.7 Å². The maximum atomic E-state index is 12.3. The molecule has 25 heavy (non-hydrogen) atoms. The highest BCUT2D eigenvalue weighted by atomic mass is 35.5. The molecule has 1 amide bonds. The highest BCUT2D eigenvalue weighted by Crippen LogP contribution is 2.20. The molecule has 0 saturated carbocycles. The van der Waals surface area contributed by atoms with Crippen molar-refractivity contribution in [1.82, 2.24) is 10.0 Å². The van der Waals surface area contributed by atoms with Crippen LogP contribution in [0.1, 0.15) is 11.1 Å². The third-order valence-electron chi connectivity index (χ3n) is 3.53. The Bertz CT molecular complexity index is 869. The van der Waals surface area contributed by atoms with Crippen LogP contribution >= 0.6 is 11.6 Å². The minimum Gasteiger partial charge on any atom is -0.497 e. The minimum atomic E-state index is -3.79. The van der Waals surface area contributed by atoms with Crippen LogP contribution < -0.4 is 14.8 Å². The zero-order valence-electron chi connectivity index (χ0n) is 13.9. The van der Waals surface area contributed by atoms with E-state index in [-0.39, 0.29) is 18.0 Å². The Hall–Kier alpha value is -2.09. The first-order valence-electron chi connectivity index (χ1n) is 7.48. The van der Waals surface area contributed by atoms with E-state index in [1.54, 1.807) is 37.3 Å². The van der Waals surface area contributed by atoms with E-state index in [2.05, 4.69) is 10.0 Å². The molecule has 0 aliphatic heterocycles. The lowest BCUT2D eigenvalue weighted by Crippen LogP contribution is -2.36. The van der Waals surface area contributed by atoms with Crippen LogP contribution in [-0.4, -0.2) is 28.0 Å². The minimum absolute atomic E-state index is 0.104. The van der Waals surface area contributed by atoms with Crippen molar-refractivity contribution in [3.63, 3.8) is 0 Å². The Morgan fingerprint density at radius 2 is 1.92 bits per heavy atom. The van der Waals surface area contributed by atoms with Gasteiger partial charge in [0.1, 0.15) is 5.75 Å². The normalized spacial score (nSPS) is 11.2. The van der Waals surface area contributed by atoms with E-state index in [9.17, 15) is 13.2 Å². The van der Waals surface area contributed by atoms with Crippen LogP contribution in [-0.2, 0) is 21.4 Å². The quantitative estimate of drug-likeness (QED) is 0.769. The Labute approximate surface area is 152 Å². The highest BCUT2D eigenvalue weighted by Gasteiger charge is 2.18. The number of methoxy groups -OCH3 is 1. The van der Waals surface area contributed by atoms with Gasteiger partial charge < -0.3 is 10.1 Å². The van der Waals surface area contributed by atoms with E-state index in [1.807, 2.05) is 6.07 Å². The second-order valence-corrected chi connectivity index (χ2v) is 7.47. The Morgan fingerprint density at radius 1 is 1.20 bits per heavy atom. The summed E-state index contributed by atoms with van der Waals surface area (Å²) < 4.78 is 32.0. The second kappa shape index (κ2) is 8.33. The predicted octanol–water partition coefficient (Wildman–Crippen LogP) is 2.25. The summed E-state index contributed by atoms with van der Waals surface area (Å²) in [7, 11) is -2.29. The van der Waals surface area contributed by atoms with Gasteiger partial charge >= 0.3 is 0 Å². The fraction of sp³-hybridized carbons (Fsp3) is 0.235. The van der Waals surface area contributed by atoms with Crippen molar-refractivity contribution in [2.24, 2.45) is 0 Å². The summed E-state index contributed by atoms with van der Waals surface area (Å²) >= 11 is 6.01. The lowest BCUT2D eigenvalue weighted by atomic mass is 10.2. The molecule has 0 heterocycles. The zero-order valence-corrected chi connectivity index (χ0v) is 15.4. The number of carbonyl (C=O) groups is 1. The molecule has 0 aromatic heterocycles. The van der Waals surface area contributed by atoms with E-state index in [1.165, 1.54) is 13.2 Å². The van der Waals surface area contributed by atoms with Gasteiger partial charge in [-0.05, 0) is 42.3 Å². The summed E-state index contributed by atoms with van der Waals surface area (Å²) in [6.07, 6.45) is 0. The number of sulfonamides is 1. The topological polar surface area (TPSA) is 84.5 Å². The largest absolute Gasteiger partial charge is 0.497 e. The SMILES string of the molecule is COc1ccc(S(=O)(=O)NCC(=O)NCc2ccccc2Cl)c(C)c1. The van der Waals surface area contributed by atoms with E-state index >= 15 is 0 Å². The van der Waals surface area contributed by atoms with E-state index in [4.69, 9.17) is 16.3 Å². The molecule has 2 aromatic rings. The van der Waals surface area contributed by atoms with Crippen LogP contribution in [0.4, 0.5) is 0 Å². The number of benzene rings is 2. The molecule has 0 atom stereocenters. The average molecular weight is 383 g/mol. The van der Waals surface area contributed by atoms with Crippen LogP contribution in [0.5, 0.6) is 5.75 Å². The van der Waals surface area contributed by atoms with Gasteiger partial charge in [0.25, 0.3) is 0 Å².